The van der Waals surface area contributed by atoms with E-state index >= 15 is 0 Å². The molecule has 0 amide bonds. The second kappa shape index (κ2) is 6.34. The highest BCUT2D eigenvalue weighted by Gasteiger charge is 2.42. The fourth-order valence-corrected chi connectivity index (χ4v) is 2.75. The first-order valence-corrected chi connectivity index (χ1v) is 6.46. The summed E-state index contributed by atoms with van der Waals surface area (Å²) in [6.45, 7) is -0.343. The van der Waals surface area contributed by atoms with Crippen molar-refractivity contribution in [2.24, 2.45) is 16.8 Å². The van der Waals surface area contributed by atoms with Crippen LogP contribution >= 0.6 is 11.8 Å². The SMILES string of the molecule is NC(=NO)C(CNC1CCCSC1)C(F)(F)F. The normalized spacial score (nSPS) is 24.6. The zero-order valence-corrected chi connectivity index (χ0v) is 10.0. The molecule has 1 aliphatic heterocycles. The van der Waals surface area contributed by atoms with Crippen LogP contribution in [0.25, 0.3) is 0 Å². The van der Waals surface area contributed by atoms with Crippen molar-refractivity contribution in [3.8, 4) is 0 Å². The van der Waals surface area contributed by atoms with Crippen molar-refractivity contribution in [2.75, 3.05) is 18.1 Å². The third-order valence-corrected chi connectivity index (χ3v) is 3.85. The molecule has 1 aliphatic rings. The van der Waals surface area contributed by atoms with Gasteiger partial charge in [0.1, 0.15) is 5.92 Å². The van der Waals surface area contributed by atoms with Crippen LogP contribution in [0.5, 0.6) is 0 Å². The van der Waals surface area contributed by atoms with Crippen LogP contribution in [0.4, 0.5) is 13.2 Å². The van der Waals surface area contributed by atoms with Crippen molar-refractivity contribution in [1.29, 1.82) is 0 Å². The number of halogens is 3. The molecule has 1 heterocycles. The molecule has 2 atom stereocenters. The molecule has 2 unspecified atom stereocenters. The third-order valence-electron chi connectivity index (χ3n) is 2.64. The molecule has 0 aliphatic carbocycles. The van der Waals surface area contributed by atoms with E-state index in [1.165, 1.54) is 0 Å². The minimum atomic E-state index is -4.49. The minimum absolute atomic E-state index is 0.0742. The lowest BCUT2D eigenvalue weighted by Gasteiger charge is -2.26. The van der Waals surface area contributed by atoms with Gasteiger partial charge >= 0.3 is 6.18 Å². The molecule has 4 nitrogen and oxygen atoms in total. The van der Waals surface area contributed by atoms with E-state index in [0.717, 1.165) is 24.3 Å². The number of thioether (sulfide) groups is 1. The van der Waals surface area contributed by atoms with Crippen molar-refractivity contribution in [3.63, 3.8) is 0 Å². The van der Waals surface area contributed by atoms with E-state index in [0.29, 0.717) is 0 Å². The Morgan fingerprint density at radius 3 is 2.76 bits per heavy atom. The lowest BCUT2D eigenvalue weighted by molar-refractivity contribution is -0.155. The molecule has 0 saturated carbocycles. The van der Waals surface area contributed by atoms with E-state index in [4.69, 9.17) is 10.9 Å². The van der Waals surface area contributed by atoms with Crippen molar-refractivity contribution >= 4 is 17.6 Å². The predicted octanol–water partition coefficient (Wildman–Crippen LogP) is 1.40. The molecule has 0 bridgehead atoms. The van der Waals surface area contributed by atoms with Gasteiger partial charge in [0.15, 0.2) is 5.84 Å². The second-order valence-corrected chi connectivity index (χ2v) is 5.09. The topological polar surface area (TPSA) is 70.6 Å². The molecule has 1 saturated heterocycles. The molecular weight excluding hydrogens is 255 g/mol. The Kier molecular flexibility index (Phi) is 5.38. The Balaban J connectivity index is 2.49. The highest BCUT2D eigenvalue weighted by Crippen LogP contribution is 2.26. The zero-order chi connectivity index (χ0) is 12.9. The lowest BCUT2D eigenvalue weighted by atomic mass is 10.1. The first kappa shape index (κ1) is 14.4. The molecule has 0 aromatic carbocycles. The van der Waals surface area contributed by atoms with E-state index < -0.39 is 17.9 Å². The van der Waals surface area contributed by atoms with Crippen LogP contribution in [0.2, 0.25) is 0 Å². The van der Waals surface area contributed by atoms with Gasteiger partial charge in [-0.15, -0.1) is 0 Å². The van der Waals surface area contributed by atoms with Crippen molar-refractivity contribution < 1.29 is 18.4 Å². The van der Waals surface area contributed by atoms with Crippen molar-refractivity contribution in [1.82, 2.24) is 5.32 Å². The first-order valence-electron chi connectivity index (χ1n) is 5.30. The number of nitrogens with one attached hydrogen (secondary N) is 1. The molecule has 0 aromatic rings. The van der Waals surface area contributed by atoms with Crippen molar-refractivity contribution in [2.45, 2.75) is 25.1 Å². The Hall–Kier alpha value is -0.630. The van der Waals surface area contributed by atoms with Gasteiger partial charge in [-0.25, -0.2) is 0 Å². The maximum absolute atomic E-state index is 12.6. The van der Waals surface area contributed by atoms with Crippen LogP contribution in [0, 0.1) is 5.92 Å². The molecule has 8 heteroatoms. The Bertz CT molecular complexity index is 267. The van der Waals surface area contributed by atoms with E-state index in [-0.39, 0.29) is 12.6 Å². The summed E-state index contributed by atoms with van der Waals surface area (Å²) < 4.78 is 37.8. The highest BCUT2D eigenvalue weighted by molar-refractivity contribution is 7.99. The van der Waals surface area contributed by atoms with Crippen molar-refractivity contribution in [3.05, 3.63) is 0 Å². The van der Waals surface area contributed by atoms with Gasteiger partial charge in [0.05, 0.1) is 0 Å². The predicted molar refractivity (Wildman–Crippen MR) is 61.3 cm³/mol. The molecule has 17 heavy (non-hydrogen) atoms. The van der Waals surface area contributed by atoms with Gasteiger partial charge in [0, 0.05) is 18.3 Å². The van der Waals surface area contributed by atoms with Gasteiger partial charge in [0.25, 0.3) is 0 Å². The Labute approximate surface area is 102 Å². The molecule has 0 spiro atoms. The van der Waals surface area contributed by atoms with E-state index in [9.17, 15) is 13.2 Å². The van der Waals surface area contributed by atoms with Crippen LogP contribution in [0.3, 0.4) is 0 Å². The van der Waals surface area contributed by atoms with Gasteiger partial charge < -0.3 is 16.3 Å². The fraction of sp³-hybridized carbons (Fsp3) is 0.889. The highest BCUT2D eigenvalue weighted by atomic mass is 32.2. The molecular formula is C9H16F3N3OS. The molecule has 4 N–H and O–H groups in total. The third kappa shape index (κ3) is 4.63. The summed E-state index contributed by atoms with van der Waals surface area (Å²) in [5.74, 6) is -0.866. The summed E-state index contributed by atoms with van der Waals surface area (Å²) >= 11 is 1.72. The number of oxime groups is 1. The average Bonchev–Trinajstić information content (AvgIpc) is 2.28. The molecule has 100 valence electrons. The number of hydrogen-bond donors (Lipinski definition) is 3. The van der Waals surface area contributed by atoms with Gasteiger partial charge in [-0.1, -0.05) is 5.16 Å². The maximum Gasteiger partial charge on any atom is 0.400 e. The molecule has 0 radical (unpaired) electrons. The monoisotopic (exact) mass is 271 g/mol. The molecule has 1 rings (SSSR count). The average molecular weight is 271 g/mol. The van der Waals surface area contributed by atoms with Gasteiger partial charge in [-0.3, -0.25) is 0 Å². The number of amidine groups is 1. The summed E-state index contributed by atoms with van der Waals surface area (Å²) in [6.07, 6.45) is -2.62. The number of hydrogen-bond acceptors (Lipinski definition) is 4. The van der Waals surface area contributed by atoms with Crippen LogP contribution in [0.15, 0.2) is 5.16 Å². The summed E-state index contributed by atoms with van der Waals surface area (Å²) in [5, 5.41) is 13.6. The smallest absolute Gasteiger partial charge is 0.400 e. The molecule has 0 aromatic heterocycles. The van der Waals surface area contributed by atoms with Crippen LogP contribution in [-0.4, -0.2) is 41.3 Å². The Morgan fingerprint density at radius 2 is 2.29 bits per heavy atom. The summed E-state index contributed by atoms with van der Waals surface area (Å²) in [4.78, 5) is 0. The van der Waals surface area contributed by atoms with E-state index in [2.05, 4.69) is 10.5 Å². The Morgan fingerprint density at radius 1 is 1.59 bits per heavy atom. The fourth-order valence-electron chi connectivity index (χ4n) is 1.64. The second-order valence-electron chi connectivity index (χ2n) is 3.94. The summed E-state index contributed by atoms with van der Waals surface area (Å²) in [7, 11) is 0. The maximum atomic E-state index is 12.6. The number of rotatable bonds is 4. The summed E-state index contributed by atoms with van der Waals surface area (Å²) in [5.41, 5.74) is 5.05. The largest absolute Gasteiger partial charge is 0.409 e. The number of nitrogens with zero attached hydrogens (tertiary/aromatic N) is 1. The quantitative estimate of drug-likeness (QED) is 0.313. The lowest BCUT2D eigenvalue weighted by Crippen LogP contribution is -2.46. The van der Waals surface area contributed by atoms with Crippen LogP contribution in [0.1, 0.15) is 12.8 Å². The van der Waals surface area contributed by atoms with Gasteiger partial charge in [-0.2, -0.15) is 24.9 Å². The number of nitrogens with two attached hydrogens (primary N) is 1. The first-order chi connectivity index (χ1) is 7.95. The standard InChI is InChI=1S/C9H16F3N3OS/c10-9(11,12)7(8(13)15-16)4-14-6-2-1-3-17-5-6/h6-7,14,16H,1-5H2,(H2,13,15). The van der Waals surface area contributed by atoms with Crippen LogP contribution in [-0.2, 0) is 0 Å². The zero-order valence-electron chi connectivity index (χ0n) is 9.20. The minimum Gasteiger partial charge on any atom is -0.409 e. The summed E-state index contributed by atoms with van der Waals surface area (Å²) in [6, 6.07) is 0.0742. The van der Waals surface area contributed by atoms with Gasteiger partial charge in [0.2, 0.25) is 0 Å². The van der Waals surface area contributed by atoms with E-state index in [1.54, 1.807) is 11.8 Å². The molecule has 1 fully saturated rings. The van der Waals surface area contributed by atoms with E-state index in [1.807, 2.05) is 0 Å². The van der Waals surface area contributed by atoms with Crippen LogP contribution < -0.4 is 11.1 Å². The number of alkyl halides is 3. The van der Waals surface area contributed by atoms with Gasteiger partial charge in [-0.05, 0) is 18.6 Å².